The summed E-state index contributed by atoms with van der Waals surface area (Å²) in [5.74, 6) is 1.41. The van der Waals surface area contributed by atoms with Gasteiger partial charge >= 0.3 is 0 Å². The van der Waals surface area contributed by atoms with Gasteiger partial charge in [0.05, 0.1) is 11.9 Å². The number of rotatable bonds is 6. The number of aliphatic hydroxyl groups excluding tert-OH is 1. The first-order chi connectivity index (χ1) is 5.57. The first kappa shape index (κ1) is 11.2. The first-order valence-corrected chi connectivity index (χ1v) is 5.05. The van der Waals surface area contributed by atoms with Crippen LogP contribution in [-0.4, -0.2) is 23.2 Å². The Kier molecular flexibility index (Phi) is 5.45. The molecule has 0 fully saturated rings. The van der Waals surface area contributed by atoms with Crippen LogP contribution in [0.4, 0.5) is 0 Å². The lowest BCUT2D eigenvalue weighted by molar-refractivity contribution is 0.348. The molecule has 0 aliphatic rings. The predicted octanol–water partition coefficient (Wildman–Crippen LogP) is 1.20. The molecular weight excluding hydrogens is 172 g/mol. The predicted molar refractivity (Wildman–Crippen MR) is 55.0 cm³/mol. The van der Waals surface area contributed by atoms with Crippen LogP contribution in [-0.2, 0) is 0 Å². The molecule has 1 unspecified atom stereocenters. The summed E-state index contributed by atoms with van der Waals surface area (Å²) >= 11 is 1.71. The first-order valence-electron chi connectivity index (χ1n) is 3.65. The average molecular weight is 188 g/mol. The third-order valence-corrected chi connectivity index (χ3v) is 2.02. The maximum Gasteiger partial charge on any atom is 0.107 e. The zero-order valence-corrected chi connectivity index (χ0v) is 8.16. The molecule has 0 aliphatic carbocycles. The van der Waals surface area contributed by atoms with Crippen LogP contribution in [0.25, 0.3) is 0 Å². The Hall–Kier alpha value is -0.770. The minimum Gasteiger partial charge on any atom is -0.511 e. The molecule has 0 spiro atoms. The Morgan fingerprint density at radius 1 is 1.67 bits per heavy atom. The van der Waals surface area contributed by atoms with Crippen molar-refractivity contribution in [3.05, 3.63) is 24.7 Å². The van der Waals surface area contributed by atoms with Crippen molar-refractivity contribution >= 4 is 11.8 Å². The Bertz CT molecular complexity index is 170. The second-order valence-electron chi connectivity index (χ2n) is 2.49. The lowest BCUT2D eigenvalue weighted by Gasteiger charge is -2.17. The summed E-state index contributed by atoms with van der Waals surface area (Å²) < 4.78 is 0. The molecule has 0 heterocycles. The van der Waals surface area contributed by atoms with Gasteiger partial charge in [0.25, 0.3) is 0 Å². The Morgan fingerprint density at radius 3 is 2.58 bits per heavy atom. The lowest BCUT2D eigenvalue weighted by atomic mass is 10.2. The molecule has 0 amide bonds. The number of nitrogens with one attached hydrogen (secondary N) is 1. The highest BCUT2D eigenvalue weighted by Gasteiger charge is 2.09. The topological polar surface area (TPSA) is 58.3 Å². The SMILES string of the molecule is C=C(N)NC(CCSC)C(=C)O. The molecule has 0 aliphatic heterocycles. The van der Waals surface area contributed by atoms with Crippen LogP contribution < -0.4 is 11.1 Å². The highest BCUT2D eigenvalue weighted by atomic mass is 32.2. The van der Waals surface area contributed by atoms with Crippen molar-refractivity contribution in [2.75, 3.05) is 12.0 Å². The molecule has 0 saturated heterocycles. The van der Waals surface area contributed by atoms with E-state index < -0.39 is 0 Å². The van der Waals surface area contributed by atoms with Gasteiger partial charge in [-0.25, -0.2) is 0 Å². The summed E-state index contributed by atoms with van der Waals surface area (Å²) in [6.07, 6.45) is 2.81. The second kappa shape index (κ2) is 5.83. The second-order valence-corrected chi connectivity index (χ2v) is 3.48. The number of hydrogen-bond acceptors (Lipinski definition) is 4. The van der Waals surface area contributed by atoms with E-state index in [1.807, 2.05) is 6.26 Å². The van der Waals surface area contributed by atoms with Gasteiger partial charge in [0, 0.05) is 0 Å². The summed E-state index contributed by atoms with van der Waals surface area (Å²) in [5, 5.41) is 12.0. The highest BCUT2D eigenvalue weighted by Crippen LogP contribution is 2.06. The smallest absolute Gasteiger partial charge is 0.107 e. The molecule has 0 aromatic rings. The maximum absolute atomic E-state index is 9.12. The Morgan fingerprint density at radius 2 is 2.25 bits per heavy atom. The fraction of sp³-hybridized carbons (Fsp3) is 0.500. The van der Waals surface area contributed by atoms with Crippen LogP contribution in [0.5, 0.6) is 0 Å². The zero-order valence-electron chi connectivity index (χ0n) is 7.34. The zero-order chi connectivity index (χ0) is 9.56. The number of hydrogen-bond donors (Lipinski definition) is 3. The van der Waals surface area contributed by atoms with Crippen LogP contribution in [0, 0.1) is 0 Å². The van der Waals surface area contributed by atoms with Gasteiger partial charge in [-0.15, -0.1) is 0 Å². The summed E-state index contributed by atoms with van der Waals surface area (Å²) in [6, 6.07) is -0.171. The van der Waals surface area contributed by atoms with Gasteiger partial charge < -0.3 is 16.2 Å². The van der Waals surface area contributed by atoms with Crippen LogP contribution in [0.3, 0.4) is 0 Å². The molecule has 0 radical (unpaired) electrons. The largest absolute Gasteiger partial charge is 0.511 e. The van der Waals surface area contributed by atoms with Crippen molar-refractivity contribution in [3.63, 3.8) is 0 Å². The van der Waals surface area contributed by atoms with Gasteiger partial charge in [0.15, 0.2) is 0 Å². The molecule has 0 aromatic heterocycles. The fourth-order valence-electron chi connectivity index (χ4n) is 0.782. The number of aliphatic hydroxyl groups is 1. The van der Waals surface area contributed by atoms with Gasteiger partial charge in [-0.2, -0.15) is 11.8 Å². The molecule has 70 valence electrons. The van der Waals surface area contributed by atoms with Crippen molar-refractivity contribution in [2.24, 2.45) is 5.73 Å². The van der Waals surface area contributed by atoms with Crippen LogP contribution in [0.15, 0.2) is 24.7 Å². The van der Waals surface area contributed by atoms with E-state index in [1.165, 1.54) is 0 Å². The molecule has 4 N–H and O–H groups in total. The monoisotopic (exact) mass is 188 g/mol. The van der Waals surface area contributed by atoms with Gasteiger partial charge in [-0.3, -0.25) is 0 Å². The highest BCUT2D eigenvalue weighted by molar-refractivity contribution is 7.98. The van der Waals surface area contributed by atoms with Crippen LogP contribution in [0.1, 0.15) is 6.42 Å². The Labute approximate surface area is 77.7 Å². The molecule has 1 atom stereocenters. The van der Waals surface area contributed by atoms with Crippen molar-refractivity contribution in [1.29, 1.82) is 0 Å². The van der Waals surface area contributed by atoms with Crippen molar-refractivity contribution < 1.29 is 5.11 Å². The molecule has 0 aromatic carbocycles. The van der Waals surface area contributed by atoms with E-state index in [2.05, 4.69) is 18.5 Å². The third-order valence-electron chi connectivity index (χ3n) is 1.37. The van der Waals surface area contributed by atoms with Crippen molar-refractivity contribution in [2.45, 2.75) is 12.5 Å². The standard InChI is InChI=1S/C8H16N2OS/c1-6(11)8(4-5-12-3)10-7(2)9/h8,10-11H,1-2,4-5,9H2,3H3. The lowest BCUT2D eigenvalue weighted by Crippen LogP contribution is -2.33. The summed E-state index contributed by atoms with van der Waals surface area (Å²) in [6.45, 7) is 6.94. The van der Waals surface area contributed by atoms with E-state index in [-0.39, 0.29) is 11.8 Å². The molecular formula is C8H16N2OS. The van der Waals surface area contributed by atoms with Crippen molar-refractivity contribution in [3.8, 4) is 0 Å². The van der Waals surface area contributed by atoms with Gasteiger partial charge in [0.1, 0.15) is 5.76 Å². The van der Waals surface area contributed by atoms with Crippen LogP contribution in [0.2, 0.25) is 0 Å². The molecule has 3 nitrogen and oxygen atoms in total. The van der Waals surface area contributed by atoms with Gasteiger partial charge in [-0.05, 0) is 18.4 Å². The summed E-state index contributed by atoms with van der Waals surface area (Å²) in [5.41, 5.74) is 5.34. The molecule has 0 rings (SSSR count). The third kappa shape index (κ3) is 4.96. The van der Waals surface area contributed by atoms with E-state index >= 15 is 0 Å². The minimum atomic E-state index is -0.171. The molecule has 4 heteroatoms. The van der Waals surface area contributed by atoms with Crippen molar-refractivity contribution in [1.82, 2.24) is 5.32 Å². The van der Waals surface area contributed by atoms with E-state index in [9.17, 15) is 0 Å². The van der Waals surface area contributed by atoms with E-state index in [1.54, 1.807) is 11.8 Å². The number of thioether (sulfide) groups is 1. The quantitative estimate of drug-likeness (QED) is 0.548. The van der Waals surface area contributed by atoms with E-state index in [4.69, 9.17) is 10.8 Å². The summed E-state index contributed by atoms with van der Waals surface area (Å²) in [4.78, 5) is 0. The van der Waals surface area contributed by atoms with Gasteiger partial charge in [-0.1, -0.05) is 13.2 Å². The molecule has 12 heavy (non-hydrogen) atoms. The normalized spacial score (nSPS) is 12.1. The average Bonchev–Trinajstić information content (AvgIpc) is 1.96. The minimum absolute atomic E-state index is 0.107. The molecule has 0 saturated carbocycles. The van der Waals surface area contributed by atoms with E-state index in [0.29, 0.717) is 5.82 Å². The number of nitrogens with two attached hydrogens (primary N) is 1. The maximum atomic E-state index is 9.12. The van der Waals surface area contributed by atoms with Crippen LogP contribution >= 0.6 is 11.8 Å². The van der Waals surface area contributed by atoms with Gasteiger partial charge in [0.2, 0.25) is 0 Å². The van der Waals surface area contributed by atoms with E-state index in [0.717, 1.165) is 12.2 Å². The summed E-state index contributed by atoms with van der Waals surface area (Å²) in [7, 11) is 0. The Balaban J connectivity index is 3.87. The fourth-order valence-corrected chi connectivity index (χ4v) is 1.25. The molecule has 0 bridgehead atoms.